The fourth-order valence-corrected chi connectivity index (χ4v) is 5.46. The van der Waals surface area contributed by atoms with Crippen molar-refractivity contribution in [3.63, 3.8) is 0 Å². The van der Waals surface area contributed by atoms with E-state index in [1.807, 2.05) is 6.92 Å². The Hall–Kier alpha value is -4.57. The maximum atomic E-state index is 13.2. The highest BCUT2D eigenvalue weighted by Crippen LogP contribution is 2.33. The van der Waals surface area contributed by atoms with Crippen LogP contribution in [0, 0.1) is 0 Å². The highest BCUT2D eigenvalue weighted by Gasteiger charge is 2.41. The number of para-hydroxylation sites is 1. The van der Waals surface area contributed by atoms with E-state index >= 15 is 0 Å². The molecule has 5 rings (SSSR count). The van der Waals surface area contributed by atoms with Gasteiger partial charge in [0.2, 0.25) is 11.8 Å². The first kappa shape index (κ1) is 26.1. The highest BCUT2D eigenvalue weighted by atomic mass is 32.2. The first-order valence-corrected chi connectivity index (χ1v) is 13.1. The number of imide groups is 1. The molecule has 0 spiro atoms. The second-order valence-electron chi connectivity index (χ2n) is 8.75. The van der Waals surface area contributed by atoms with Crippen molar-refractivity contribution in [2.75, 3.05) is 11.5 Å². The number of ether oxygens (including phenoxy) is 1. The number of nitrogens with zero attached hydrogens (tertiary/aromatic N) is 3. The van der Waals surface area contributed by atoms with Crippen LogP contribution in [0.15, 0.2) is 88.8 Å². The summed E-state index contributed by atoms with van der Waals surface area (Å²) in [6, 6.07) is 21.3. The maximum absolute atomic E-state index is 13.2. The van der Waals surface area contributed by atoms with Gasteiger partial charge < -0.3 is 4.74 Å². The van der Waals surface area contributed by atoms with Gasteiger partial charge in [-0.15, -0.1) is 0 Å². The van der Waals surface area contributed by atoms with E-state index in [9.17, 15) is 24.0 Å². The van der Waals surface area contributed by atoms with Crippen LogP contribution in [0.25, 0.3) is 10.9 Å². The van der Waals surface area contributed by atoms with E-state index in [1.54, 1.807) is 54.6 Å². The van der Waals surface area contributed by atoms with Crippen molar-refractivity contribution in [3.05, 3.63) is 100 Å². The molecule has 1 atom stereocenters. The van der Waals surface area contributed by atoms with E-state index in [0.29, 0.717) is 33.9 Å². The van der Waals surface area contributed by atoms with Crippen LogP contribution in [0.1, 0.15) is 34.1 Å². The lowest BCUT2D eigenvalue weighted by Gasteiger charge is -2.16. The van der Waals surface area contributed by atoms with Crippen molar-refractivity contribution in [2.45, 2.75) is 30.3 Å². The van der Waals surface area contributed by atoms with Gasteiger partial charge in [-0.25, -0.2) is 14.7 Å². The number of benzene rings is 3. The van der Waals surface area contributed by atoms with Gasteiger partial charge in [0, 0.05) is 18.5 Å². The number of rotatable bonds is 8. The Morgan fingerprint density at radius 1 is 0.923 bits per heavy atom. The zero-order valence-electron chi connectivity index (χ0n) is 20.9. The van der Waals surface area contributed by atoms with E-state index in [4.69, 9.17) is 4.74 Å². The minimum Gasteiger partial charge on any atom is -0.454 e. The third kappa shape index (κ3) is 5.23. The fraction of sp³-hybridized carbons (Fsp3) is 0.172. The molecule has 1 unspecified atom stereocenters. The van der Waals surface area contributed by atoms with Gasteiger partial charge in [0.25, 0.3) is 5.56 Å². The second-order valence-corrected chi connectivity index (χ2v) is 9.92. The molecule has 0 aliphatic carbocycles. The molecule has 1 fully saturated rings. The first-order chi connectivity index (χ1) is 18.9. The van der Waals surface area contributed by atoms with Crippen LogP contribution in [-0.4, -0.2) is 45.0 Å². The van der Waals surface area contributed by atoms with E-state index in [0.717, 1.165) is 16.7 Å². The SMILES string of the molecule is CCn1c(SC2CC(=O)N(c3ccc(C(=O)OCC(=O)c4ccccc4)cc3)C2=O)nc2ccccc2c1=O. The van der Waals surface area contributed by atoms with Gasteiger partial charge >= 0.3 is 5.97 Å². The van der Waals surface area contributed by atoms with Crippen molar-refractivity contribution in [1.29, 1.82) is 0 Å². The second kappa shape index (κ2) is 11.0. The monoisotopic (exact) mass is 541 g/mol. The Morgan fingerprint density at radius 3 is 2.33 bits per heavy atom. The van der Waals surface area contributed by atoms with Gasteiger partial charge in [0.15, 0.2) is 17.5 Å². The number of fused-ring (bicyclic) bond motifs is 1. The average molecular weight is 542 g/mol. The lowest BCUT2D eigenvalue weighted by molar-refractivity contribution is -0.121. The van der Waals surface area contributed by atoms with Crippen molar-refractivity contribution >= 4 is 51.9 Å². The van der Waals surface area contributed by atoms with Crippen molar-refractivity contribution < 1.29 is 23.9 Å². The summed E-state index contributed by atoms with van der Waals surface area (Å²) in [5.74, 6) is -1.85. The van der Waals surface area contributed by atoms with Gasteiger partial charge in [-0.2, -0.15) is 0 Å². The first-order valence-electron chi connectivity index (χ1n) is 12.3. The number of hydrogen-bond donors (Lipinski definition) is 0. The van der Waals surface area contributed by atoms with E-state index in [2.05, 4.69) is 4.98 Å². The largest absolute Gasteiger partial charge is 0.454 e. The summed E-state index contributed by atoms with van der Waals surface area (Å²) < 4.78 is 6.62. The molecule has 1 aromatic heterocycles. The molecule has 0 bridgehead atoms. The minimum atomic E-state index is -0.753. The predicted octanol–water partition coefficient (Wildman–Crippen LogP) is 3.88. The highest BCUT2D eigenvalue weighted by molar-refractivity contribution is 8.00. The molecular weight excluding hydrogens is 518 g/mol. The summed E-state index contributed by atoms with van der Waals surface area (Å²) in [6.07, 6.45) is -0.0543. The lowest BCUT2D eigenvalue weighted by Crippen LogP contribution is -2.31. The van der Waals surface area contributed by atoms with Gasteiger partial charge in [-0.05, 0) is 43.3 Å². The van der Waals surface area contributed by atoms with Crippen molar-refractivity contribution in [2.24, 2.45) is 0 Å². The van der Waals surface area contributed by atoms with Crippen LogP contribution < -0.4 is 10.5 Å². The molecule has 196 valence electrons. The smallest absolute Gasteiger partial charge is 0.338 e. The topological polar surface area (TPSA) is 116 Å². The number of esters is 1. The van der Waals surface area contributed by atoms with Crippen molar-refractivity contribution in [1.82, 2.24) is 9.55 Å². The number of carbonyl (C=O) groups excluding carboxylic acids is 4. The standard InChI is InChI=1S/C29H23N3O6S/c1-2-31-26(35)21-10-6-7-11-22(21)30-29(31)39-24-16-25(34)32(27(24)36)20-14-12-19(13-15-20)28(37)38-17-23(33)18-8-4-3-5-9-18/h3-15,24H,2,16-17H2,1H3. The van der Waals surface area contributed by atoms with Crippen LogP contribution in [0.4, 0.5) is 5.69 Å². The summed E-state index contributed by atoms with van der Waals surface area (Å²) in [6.45, 7) is 1.78. The number of amides is 2. The van der Waals surface area contributed by atoms with E-state index < -0.39 is 29.6 Å². The average Bonchev–Trinajstić information content (AvgIpc) is 3.24. The molecule has 0 N–H and O–H groups in total. The molecule has 9 nitrogen and oxygen atoms in total. The summed E-state index contributed by atoms with van der Waals surface area (Å²) in [5.41, 5.74) is 1.25. The number of hydrogen-bond acceptors (Lipinski definition) is 8. The van der Waals surface area contributed by atoms with Gasteiger partial charge in [0.1, 0.15) is 5.25 Å². The van der Waals surface area contributed by atoms with Gasteiger partial charge in [-0.1, -0.05) is 54.2 Å². The molecule has 0 saturated carbocycles. The molecule has 2 amide bonds. The zero-order valence-corrected chi connectivity index (χ0v) is 21.7. The molecule has 1 aliphatic heterocycles. The predicted molar refractivity (Wildman–Crippen MR) is 146 cm³/mol. The molecule has 4 aromatic rings. The Morgan fingerprint density at radius 2 is 1.62 bits per heavy atom. The number of Topliss-reactive ketones (excluding diaryl/α,β-unsaturated/α-hetero) is 1. The van der Waals surface area contributed by atoms with Gasteiger partial charge in [-0.3, -0.25) is 23.7 Å². The van der Waals surface area contributed by atoms with Gasteiger partial charge in [0.05, 0.1) is 22.2 Å². The Labute approximate surface area is 227 Å². The maximum Gasteiger partial charge on any atom is 0.338 e. The minimum absolute atomic E-state index is 0.0543. The quantitative estimate of drug-likeness (QED) is 0.143. The molecular formula is C29H23N3O6S. The fourth-order valence-electron chi connectivity index (χ4n) is 4.28. The van der Waals surface area contributed by atoms with Crippen molar-refractivity contribution in [3.8, 4) is 0 Å². The Bertz CT molecular complexity index is 1650. The van der Waals surface area contributed by atoms with Crippen LogP contribution in [0.2, 0.25) is 0 Å². The van der Waals surface area contributed by atoms with Crippen LogP contribution in [0.3, 0.4) is 0 Å². The number of ketones is 1. The molecule has 1 aliphatic rings. The number of thioether (sulfide) groups is 1. The van der Waals surface area contributed by atoms with E-state index in [-0.39, 0.29) is 23.3 Å². The zero-order chi connectivity index (χ0) is 27.5. The number of carbonyl (C=O) groups is 4. The molecule has 39 heavy (non-hydrogen) atoms. The summed E-state index contributed by atoms with van der Waals surface area (Å²) in [5, 5.41) is 0.108. The molecule has 2 heterocycles. The Balaban J connectivity index is 1.28. The molecule has 1 saturated heterocycles. The van der Waals surface area contributed by atoms with E-state index in [1.165, 1.54) is 28.8 Å². The van der Waals surface area contributed by atoms with Crippen LogP contribution in [-0.2, 0) is 20.9 Å². The summed E-state index contributed by atoms with van der Waals surface area (Å²) in [4.78, 5) is 69.2. The number of anilines is 1. The lowest BCUT2D eigenvalue weighted by atomic mass is 10.1. The molecule has 3 aromatic carbocycles. The Kier molecular flexibility index (Phi) is 7.38. The molecule has 0 radical (unpaired) electrons. The third-order valence-corrected chi connectivity index (χ3v) is 7.46. The van der Waals surface area contributed by atoms with Crippen LogP contribution >= 0.6 is 11.8 Å². The number of aromatic nitrogens is 2. The molecule has 10 heteroatoms. The third-order valence-electron chi connectivity index (χ3n) is 6.29. The summed E-state index contributed by atoms with van der Waals surface area (Å²) >= 11 is 1.09. The summed E-state index contributed by atoms with van der Waals surface area (Å²) in [7, 11) is 0. The van der Waals surface area contributed by atoms with Crippen LogP contribution in [0.5, 0.6) is 0 Å². The normalized spacial score (nSPS) is 15.1.